The molecule has 1 heterocycles. The van der Waals surface area contributed by atoms with Gasteiger partial charge in [-0.15, -0.1) is 0 Å². The molecule has 126 valence electrons. The molecule has 0 saturated carbocycles. The number of aliphatic hydroxyl groups excluding tert-OH is 1. The Bertz CT molecular complexity index is 263. The average molecular weight is 300 g/mol. The SMILES string of the molecule is CCCNC(C)(CO)CCCN1CCCC(OCCC)C1. The Labute approximate surface area is 131 Å². The topological polar surface area (TPSA) is 44.7 Å². The molecule has 0 bridgehead atoms. The summed E-state index contributed by atoms with van der Waals surface area (Å²) in [5, 5.41) is 13.1. The molecule has 0 aromatic carbocycles. The molecule has 4 nitrogen and oxygen atoms in total. The lowest BCUT2D eigenvalue weighted by molar-refractivity contribution is -0.00101. The zero-order valence-electron chi connectivity index (χ0n) is 14.4. The van der Waals surface area contributed by atoms with Crippen molar-refractivity contribution in [1.29, 1.82) is 0 Å². The third-order valence-corrected chi connectivity index (χ3v) is 4.37. The van der Waals surface area contributed by atoms with Crippen LogP contribution in [0.2, 0.25) is 0 Å². The van der Waals surface area contributed by atoms with E-state index in [4.69, 9.17) is 4.74 Å². The van der Waals surface area contributed by atoms with E-state index >= 15 is 0 Å². The van der Waals surface area contributed by atoms with E-state index in [9.17, 15) is 5.11 Å². The van der Waals surface area contributed by atoms with Gasteiger partial charge in [-0.25, -0.2) is 0 Å². The fraction of sp³-hybridized carbons (Fsp3) is 1.00. The van der Waals surface area contributed by atoms with Crippen molar-refractivity contribution in [3.8, 4) is 0 Å². The molecule has 2 unspecified atom stereocenters. The number of nitrogens with one attached hydrogen (secondary N) is 1. The van der Waals surface area contributed by atoms with Crippen molar-refractivity contribution in [3.63, 3.8) is 0 Å². The summed E-state index contributed by atoms with van der Waals surface area (Å²) in [6.07, 6.45) is 7.27. The highest BCUT2D eigenvalue weighted by Gasteiger charge is 2.24. The number of ether oxygens (including phenoxy) is 1. The van der Waals surface area contributed by atoms with Gasteiger partial charge >= 0.3 is 0 Å². The van der Waals surface area contributed by atoms with Gasteiger partial charge < -0.3 is 20.1 Å². The van der Waals surface area contributed by atoms with Gasteiger partial charge in [-0.3, -0.25) is 0 Å². The van der Waals surface area contributed by atoms with Gasteiger partial charge in [-0.2, -0.15) is 0 Å². The Morgan fingerprint density at radius 2 is 2.14 bits per heavy atom. The first kappa shape index (κ1) is 18.9. The molecule has 2 N–H and O–H groups in total. The molecular weight excluding hydrogens is 264 g/mol. The van der Waals surface area contributed by atoms with E-state index in [-0.39, 0.29) is 12.1 Å². The molecule has 1 aliphatic rings. The Morgan fingerprint density at radius 3 is 2.81 bits per heavy atom. The summed E-state index contributed by atoms with van der Waals surface area (Å²) in [6, 6.07) is 0. The monoisotopic (exact) mass is 300 g/mol. The number of likely N-dealkylation sites (tertiary alicyclic amines) is 1. The van der Waals surface area contributed by atoms with Gasteiger partial charge in [0, 0.05) is 18.7 Å². The Kier molecular flexibility index (Phi) is 9.49. The summed E-state index contributed by atoms with van der Waals surface area (Å²) < 4.78 is 5.89. The van der Waals surface area contributed by atoms with Crippen LogP contribution >= 0.6 is 0 Å². The second kappa shape index (κ2) is 10.5. The largest absolute Gasteiger partial charge is 0.394 e. The molecule has 1 rings (SSSR count). The van der Waals surface area contributed by atoms with Gasteiger partial charge in [0.05, 0.1) is 12.7 Å². The van der Waals surface area contributed by atoms with Gasteiger partial charge in [-0.1, -0.05) is 13.8 Å². The minimum absolute atomic E-state index is 0.121. The second-order valence-corrected chi connectivity index (χ2v) is 6.68. The summed E-state index contributed by atoms with van der Waals surface area (Å²) >= 11 is 0. The maximum absolute atomic E-state index is 9.59. The third-order valence-electron chi connectivity index (χ3n) is 4.37. The van der Waals surface area contributed by atoms with E-state index < -0.39 is 0 Å². The van der Waals surface area contributed by atoms with E-state index in [0.717, 1.165) is 51.9 Å². The van der Waals surface area contributed by atoms with Crippen LogP contribution in [0, 0.1) is 0 Å². The lowest BCUT2D eigenvalue weighted by atomic mass is 9.96. The van der Waals surface area contributed by atoms with Gasteiger partial charge in [0.2, 0.25) is 0 Å². The number of hydrogen-bond acceptors (Lipinski definition) is 4. The van der Waals surface area contributed by atoms with Crippen LogP contribution in [0.15, 0.2) is 0 Å². The van der Waals surface area contributed by atoms with Crippen LogP contribution < -0.4 is 5.32 Å². The maximum atomic E-state index is 9.59. The molecule has 0 radical (unpaired) electrons. The highest BCUT2D eigenvalue weighted by atomic mass is 16.5. The van der Waals surface area contributed by atoms with Crippen LogP contribution in [0.4, 0.5) is 0 Å². The molecule has 1 fully saturated rings. The average Bonchev–Trinajstić information content (AvgIpc) is 2.51. The van der Waals surface area contributed by atoms with Gasteiger partial charge in [-0.05, 0) is 65.1 Å². The zero-order valence-corrected chi connectivity index (χ0v) is 14.4. The van der Waals surface area contributed by atoms with Crippen molar-refractivity contribution in [2.24, 2.45) is 0 Å². The van der Waals surface area contributed by atoms with Gasteiger partial charge in [0.15, 0.2) is 0 Å². The summed E-state index contributed by atoms with van der Waals surface area (Å²) in [5.41, 5.74) is -0.121. The fourth-order valence-corrected chi connectivity index (χ4v) is 2.98. The number of piperidine rings is 1. The molecule has 0 aromatic heterocycles. The first-order valence-electron chi connectivity index (χ1n) is 8.83. The van der Waals surface area contributed by atoms with Crippen molar-refractivity contribution in [3.05, 3.63) is 0 Å². The predicted octanol–water partition coefficient (Wildman–Crippen LogP) is 2.41. The Morgan fingerprint density at radius 1 is 1.33 bits per heavy atom. The number of nitrogens with zero attached hydrogens (tertiary/aromatic N) is 1. The van der Waals surface area contributed by atoms with E-state index in [1.54, 1.807) is 0 Å². The third kappa shape index (κ3) is 7.59. The molecule has 21 heavy (non-hydrogen) atoms. The molecule has 0 spiro atoms. The first-order chi connectivity index (χ1) is 10.1. The second-order valence-electron chi connectivity index (χ2n) is 6.68. The lowest BCUT2D eigenvalue weighted by Crippen LogP contribution is -2.47. The predicted molar refractivity (Wildman–Crippen MR) is 88.7 cm³/mol. The molecule has 0 amide bonds. The van der Waals surface area contributed by atoms with Crippen molar-refractivity contribution in [1.82, 2.24) is 10.2 Å². The fourth-order valence-electron chi connectivity index (χ4n) is 2.98. The van der Waals surface area contributed by atoms with Crippen LogP contribution in [-0.2, 0) is 4.74 Å². The summed E-state index contributed by atoms with van der Waals surface area (Å²) in [4.78, 5) is 2.53. The summed E-state index contributed by atoms with van der Waals surface area (Å²) in [6.45, 7) is 11.9. The van der Waals surface area contributed by atoms with E-state index in [1.165, 1.54) is 19.4 Å². The zero-order chi connectivity index (χ0) is 15.6. The molecule has 4 heteroatoms. The van der Waals surface area contributed by atoms with E-state index in [0.29, 0.717) is 6.10 Å². The highest BCUT2D eigenvalue weighted by Crippen LogP contribution is 2.16. The minimum Gasteiger partial charge on any atom is -0.394 e. The molecule has 0 aromatic rings. The van der Waals surface area contributed by atoms with Crippen LogP contribution in [0.25, 0.3) is 0 Å². The smallest absolute Gasteiger partial charge is 0.0702 e. The van der Waals surface area contributed by atoms with Crippen molar-refractivity contribution in [2.75, 3.05) is 39.4 Å². The molecular formula is C17H36N2O2. The van der Waals surface area contributed by atoms with Crippen LogP contribution in [0.1, 0.15) is 59.3 Å². The Balaban J connectivity index is 2.24. The lowest BCUT2D eigenvalue weighted by Gasteiger charge is -2.34. The van der Waals surface area contributed by atoms with Crippen molar-refractivity contribution >= 4 is 0 Å². The van der Waals surface area contributed by atoms with Gasteiger partial charge in [0.25, 0.3) is 0 Å². The van der Waals surface area contributed by atoms with Gasteiger partial charge in [0.1, 0.15) is 0 Å². The molecule has 2 atom stereocenters. The van der Waals surface area contributed by atoms with Crippen LogP contribution in [0.3, 0.4) is 0 Å². The Hall–Kier alpha value is -0.160. The van der Waals surface area contributed by atoms with E-state index in [1.807, 2.05) is 0 Å². The van der Waals surface area contributed by atoms with E-state index in [2.05, 4.69) is 31.0 Å². The summed E-state index contributed by atoms with van der Waals surface area (Å²) in [5.74, 6) is 0. The standard InChI is InChI=1S/C17H36N2O2/c1-4-10-18-17(3,15-20)9-7-12-19-11-6-8-16(14-19)21-13-5-2/h16,18,20H,4-15H2,1-3H3. The number of aliphatic hydroxyl groups is 1. The normalized spacial score (nSPS) is 23.1. The van der Waals surface area contributed by atoms with Crippen LogP contribution in [-0.4, -0.2) is 61.0 Å². The maximum Gasteiger partial charge on any atom is 0.0702 e. The number of rotatable bonds is 11. The molecule has 0 aliphatic carbocycles. The van der Waals surface area contributed by atoms with Crippen molar-refractivity contribution < 1.29 is 9.84 Å². The quantitative estimate of drug-likeness (QED) is 0.615. The number of hydrogen-bond donors (Lipinski definition) is 2. The minimum atomic E-state index is -0.121. The summed E-state index contributed by atoms with van der Waals surface area (Å²) in [7, 11) is 0. The van der Waals surface area contributed by atoms with Crippen LogP contribution in [0.5, 0.6) is 0 Å². The highest BCUT2D eigenvalue weighted by molar-refractivity contribution is 4.83. The first-order valence-corrected chi connectivity index (χ1v) is 8.83. The molecule has 1 saturated heterocycles. The van der Waals surface area contributed by atoms with Crippen molar-refractivity contribution in [2.45, 2.75) is 70.9 Å². The molecule has 1 aliphatic heterocycles.